The number of benzene rings is 2. The molecule has 6 heteroatoms. The number of aryl methyl sites for hydroxylation is 1. The summed E-state index contributed by atoms with van der Waals surface area (Å²) in [5.41, 5.74) is 1.11. The number of nitroso groups, excluding NO2 is 1. The molecule has 1 unspecified atom stereocenters. The van der Waals surface area contributed by atoms with E-state index in [9.17, 15) is 13.3 Å². The van der Waals surface area contributed by atoms with Crippen molar-refractivity contribution >= 4 is 21.4 Å². The fraction of sp³-hybridized carbons (Fsp3) is 0.143. The number of hydrogen-bond donors (Lipinski definition) is 0. The Labute approximate surface area is 122 Å². The first-order valence-electron chi connectivity index (χ1n) is 5.84. The Kier molecular flexibility index (Phi) is 4.20. The van der Waals surface area contributed by atoms with Crippen molar-refractivity contribution in [2.45, 2.75) is 17.2 Å². The standard InChI is InChI=1S/C14H12ClNO3S/c1-10-6-8-11(9-7-10)20(18,19)14(16-17)12-4-2-3-5-13(12)15/h2-9,14H,1H3. The lowest BCUT2D eigenvalue weighted by Gasteiger charge is -2.12. The molecule has 2 aromatic carbocycles. The van der Waals surface area contributed by atoms with Gasteiger partial charge >= 0.3 is 0 Å². The van der Waals surface area contributed by atoms with Gasteiger partial charge in [0.25, 0.3) is 0 Å². The highest BCUT2D eigenvalue weighted by molar-refractivity contribution is 7.91. The van der Waals surface area contributed by atoms with E-state index in [0.29, 0.717) is 0 Å². The van der Waals surface area contributed by atoms with Gasteiger partial charge in [-0.3, -0.25) is 0 Å². The van der Waals surface area contributed by atoms with E-state index >= 15 is 0 Å². The minimum atomic E-state index is -3.91. The Morgan fingerprint density at radius 2 is 1.65 bits per heavy atom. The van der Waals surface area contributed by atoms with Crippen LogP contribution in [-0.2, 0) is 9.84 Å². The maximum atomic E-state index is 12.5. The molecule has 0 N–H and O–H groups in total. The quantitative estimate of drug-likeness (QED) is 0.805. The number of halogens is 1. The summed E-state index contributed by atoms with van der Waals surface area (Å²) in [6.45, 7) is 1.85. The van der Waals surface area contributed by atoms with Crippen molar-refractivity contribution < 1.29 is 8.42 Å². The summed E-state index contributed by atoms with van der Waals surface area (Å²) in [6, 6.07) is 12.5. The van der Waals surface area contributed by atoms with Crippen LogP contribution in [0.2, 0.25) is 5.02 Å². The van der Waals surface area contributed by atoms with Crippen molar-refractivity contribution in [3.63, 3.8) is 0 Å². The molecular formula is C14H12ClNO3S. The SMILES string of the molecule is Cc1ccc(S(=O)(=O)C(N=O)c2ccccc2Cl)cc1. The lowest BCUT2D eigenvalue weighted by Crippen LogP contribution is -2.12. The number of nitrogens with zero attached hydrogens (tertiary/aromatic N) is 1. The normalized spacial score (nSPS) is 12.9. The van der Waals surface area contributed by atoms with Gasteiger partial charge in [-0.2, -0.15) is 0 Å². The highest BCUT2D eigenvalue weighted by atomic mass is 35.5. The van der Waals surface area contributed by atoms with Crippen molar-refractivity contribution in [1.29, 1.82) is 0 Å². The zero-order valence-electron chi connectivity index (χ0n) is 10.7. The molecule has 0 aliphatic carbocycles. The zero-order chi connectivity index (χ0) is 14.8. The van der Waals surface area contributed by atoms with E-state index in [1.54, 1.807) is 24.3 Å². The second-order valence-corrected chi connectivity index (χ2v) is 6.75. The molecule has 4 nitrogen and oxygen atoms in total. The molecule has 0 saturated carbocycles. The highest BCUT2D eigenvalue weighted by Crippen LogP contribution is 2.33. The van der Waals surface area contributed by atoms with Crippen LogP contribution in [0.25, 0.3) is 0 Å². The van der Waals surface area contributed by atoms with E-state index in [0.717, 1.165) is 5.56 Å². The van der Waals surface area contributed by atoms with Crippen LogP contribution in [0.1, 0.15) is 16.5 Å². The first-order valence-corrected chi connectivity index (χ1v) is 7.76. The monoisotopic (exact) mass is 309 g/mol. The Hall–Kier alpha value is -1.72. The van der Waals surface area contributed by atoms with Gasteiger partial charge in [0.05, 0.1) is 4.90 Å². The van der Waals surface area contributed by atoms with E-state index < -0.39 is 15.2 Å². The van der Waals surface area contributed by atoms with Crippen molar-refractivity contribution in [3.8, 4) is 0 Å². The van der Waals surface area contributed by atoms with E-state index in [4.69, 9.17) is 11.6 Å². The largest absolute Gasteiger partial charge is 0.223 e. The fourth-order valence-corrected chi connectivity index (χ4v) is 3.54. The summed E-state index contributed by atoms with van der Waals surface area (Å²) < 4.78 is 24.9. The van der Waals surface area contributed by atoms with E-state index in [1.165, 1.54) is 24.3 Å². The van der Waals surface area contributed by atoms with Crippen molar-refractivity contribution in [2.75, 3.05) is 0 Å². The first kappa shape index (κ1) is 14.7. The summed E-state index contributed by atoms with van der Waals surface area (Å²) in [5.74, 6) is 0. The molecule has 104 valence electrons. The molecule has 0 fully saturated rings. The summed E-state index contributed by atoms with van der Waals surface area (Å²) in [5, 5.41) is 1.43. The smallest absolute Gasteiger partial charge is 0.221 e. The minimum absolute atomic E-state index is 0.0487. The number of hydrogen-bond acceptors (Lipinski definition) is 4. The van der Waals surface area contributed by atoms with Gasteiger partial charge in [-0.15, -0.1) is 4.91 Å². The van der Waals surface area contributed by atoms with Crippen LogP contribution in [0.15, 0.2) is 58.6 Å². The third-order valence-electron chi connectivity index (χ3n) is 2.91. The Bertz CT molecular complexity index is 726. The van der Waals surface area contributed by atoms with Crippen LogP contribution in [0, 0.1) is 11.8 Å². The molecule has 2 aromatic rings. The van der Waals surface area contributed by atoms with Gasteiger partial charge in [-0.05, 0) is 30.3 Å². The lowest BCUT2D eigenvalue weighted by atomic mass is 10.2. The minimum Gasteiger partial charge on any atom is -0.221 e. The fourth-order valence-electron chi connectivity index (χ4n) is 1.81. The molecule has 20 heavy (non-hydrogen) atoms. The van der Waals surface area contributed by atoms with Gasteiger partial charge in [-0.25, -0.2) is 8.42 Å². The first-order chi connectivity index (χ1) is 9.46. The molecule has 0 spiro atoms. The number of rotatable bonds is 4. The van der Waals surface area contributed by atoms with Gasteiger partial charge < -0.3 is 0 Å². The van der Waals surface area contributed by atoms with Crippen LogP contribution in [0.4, 0.5) is 0 Å². The third-order valence-corrected chi connectivity index (χ3v) is 5.11. The number of sulfone groups is 1. The molecule has 1 atom stereocenters. The predicted molar refractivity (Wildman–Crippen MR) is 78.4 cm³/mol. The van der Waals surface area contributed by atoms with Gasteiger partial charge in [0.15, 0.2) is 0 Å². The highest BCUT2D eigenvalue weighted by Gasteiger charge is 2.31. The molecule has 0 amide bonds. The summed E-state index contributed by atoms with van der Waals surface area (Å²) in [7, 11) is -3.91. The van der Waals surface area contributed by atoms with Gasteiger partial charge in [0.2, 0.25) is 15.2 Å². The van der Waals surface area contributed by atoms with Crippen molar-refractivity contribution in [3.05, 3.63) is 69.6 Å². The average molecular weight is 310 g/mol. The van der Waals surface area contributed by atoms with Gasteiger partial charge in [0, 0.05) is 10.6 Å². The topological polar surface area (TPSA) is 63.6 Å². The van der Waals surface area contributed by atoms with Gasteiger partial charge in [0.1, 0.15) is 0 Å². The summed E-state index contributed by atoms with van der Waals surface area (Å²) in [6.07, 6.45) is 0. The Morgan fingerprint density at radius 3 is 2.20 bits per heavy atom. The van der Waals surface area contributed by atoms with E-state index in [1.807, 2.05) is 6.92 Å². The van der Waals surface area contributed by atoms with E-state index in [-0.39, 0.29) is 15.5 Å². The molecule has 0 heterocycles. The second kappa shape index (κ2) is 5.73. The molecule has 0 radical (unpaired) electrons. The lowest BCUT2D eigenvalue weighted by molar-refractivity contribution is 0.583. The molecular weight excluding hydrogens is 298 g/mol. The maximum Gasteiger partial charge on any atom is 0.223 e. The molecule has 0 aliphatic heterocycles. The molecule has 0 aliphatic rings. The average Bonchev–Trinajstić information content (AvgIpc) is 2.42. The van der Waals surface area contributed by atoms with Crippen LogP contribution >= 0.6 is 11.6 Å². The second-order valence-electron chi connectivity index (χ2n) is 4.34. The van der Waals surface area contributed by atoms with E-state index in [2.05, 4.69) is 5.18 Å². The Balaban J connectivity index is 2.54. The predicted octanol–water partition coefficient (Wildman–Crippen LogP) is 3.89. The third kappa shape index (κ3) is 2.73. The molecule has 0 saturated heterocycles. The maximum absolute atomic E-state index is 12.5. The Morgan fingerprint density at radius 1 is 1.05 bits per heavy atom. The van der Waals surface area contributed by atoms with Crippen LogP contribution < -0.4 is 0 Å². The van der Waals surface area contributed by atoms with Crippen LogP contribution in [0.5, 0.6) is 0 Å². The van der Waals surface area contributed by atoms with Gasteiger partial charge in [-0.1, -0.05) is 47.5 Å². The molecule has 0 bridgehead atoms. The molecule has 2 rings (SSSR count). The zero-order valence-corrected chi connectivity index (χ0v) is 12.2. The summed E-state index contributed by atoms with van der Waals surface area (Å²) >= 11 is 5.95. The van der Waals surface area contributed by atoms with Crippen molar-refractivity contribution in [2.24, 2.45) is 5.18 Å². The van der Waals surface area contributed by atoms with Crippen molar-refractivity contribution in [1.82, 2.24) is 0 Å². The molecule has 0 aromatic heterocycles. The van der Waals surface area contributed by atoms with Crippen LogP contribution in [0.3, 0.4) is 0 Å². The van der Waals surface area contributed by atoms with Crippen LogP contribution in [-0.4, -0.2) is 8.42 Å². The summed E-state index contributed by atoms with van der Waals surface area (Å²) in [4.78, 5) is 11.1.